The lowest BCUT2D eigenvalue weighted by molar-refractivity contribution is -0.118. The third-order valence-electron chi connectivity index (χ3n) is 0.497. The molecule has 5 heteroatoms. The van der Waals surface area contributed by atoms with Gasteiger partial charge in [0.05, 0.1) is 0 Å². The maximum absolute atomic E-state index is 9.87. The molecule has 0 aromatic carbocycles. The Labute approximate surface area is 45.1 Å². The van der Waals surface area contributed by atoms with E-state index in [0.717, 1.165) is 0 Å². The van der Waals surface area contributed by atoms with Gasteiger partial charge in [-0.2, -0.15) is 5.26 Å². The molecule has 0 aliphatic rings. The SMILES string of the molecule is N#C[C@H](N=O)C(N)=O. The summed E-state index contributed by atoms with van der Waals surface area (Å²) in [7, 11) is 0. The van der Waals surface area contributed by atoms with Gasteiger partial charge in [-0.1, -0.05) is 0 Å². The van der Waals surface area contributed by atoms with Gasteiger partial charge in [0.15, 0.2) is 0 Å². The molecule has 5 nitrogen and oxygen atoms in total. The number of rotatable bonds is 2. The summed E-state index contributed by atoms with van der Waals surface area (Å²) in [5, 5.41) is 9.97. The maximum Gasteiger partial charge on any atom is 0.260 e. The molecule has 0 fully saturated rings. The molecule has 0 aromatic rings. The zero-order valence-electron chi connectivity index (χ0n) is 3.87. The number of primary amides is 1. The van der Waals surface area contributed by atoms with E-state index in [9.17, 15) is 9.70 Å². The minimum absolute atomic E-state index is 1.01. The maximum atomic E-state index is 9.87. The predicted octanol–water partition coefficient (Wildman–Crippen LogP) is -0.870. The van der Waals surface area contributed by atoms with Gasteiger partial charge < -0.3 is 5.73 Å². The average Bonchev–Trinajstić information content (AvgIpc) is 1.69. The van der Waals surface area contributed by atoms with Gasteiger partial charge in [0, 0.05) is 0 Å². The van der Waals surface area contributed by atoms with E-state index >= 15 is 0 Å². The van der Waals surface area contributed by atoms with Crippen LogP contribution in [0.5, 0.6) is 0 Å². The van der Waals surface area contributed by atoms with Gasteiger partial charge in [-0.3, -0.25) is 4.79 Å². The number of hydrogen-bond acceptors (Lipinski definition) is 4. The summed E-state index contributed by atoms with van der Waals surface area (Å²) in [6.07, 6.45) is 0. The number of nitriles is 1. The van der Waals surface area contributed by atoms with E-state index < -0.39 is 11.9 Å². The van der Waals surface area contributed by atoms with Crippen molar-refractivity contribution in [2.24, 2.45) is 10.9 Å². The van der Waals surface area contributed by atoms with Crippen LogP contribution in [0.2, 0.25) is 0 Å². The summed E-state index contributed by atoms with van der Waals surface area (Å²) < 4.78 is 0. The third-order valence-corrected chi connectivity index (χ3v) is 0.497. The first kappa shape index (κ1) is 6.56. The Balaban J connectivity index is 3.95. The van der Waals surface area contributed by atoms with Crippen LogP contribution in [-0.4, -0.2) is 11.9 Å². The van der Waals surface area contributed by atoms with Gasteiger partial charge in [0.25, 0.3) is 11.9 Å². The molecule has 0 unspecified atom stereocenters. The van der Waals surface area contributed by atoms with Crippen LogP contribution in [0, 0.1) is 16.2 Å². The first-order chi connectivity index (χ1) is 3.72. The van der Waals surface area contributed by atoms with E-state index in [4.69, 9.17) is 5.26 Å². The number of amides is 1. The van der Waals surface area contributed by atoms with E-state index in [1.807, 2.05) is 0 Å². The van der Waals surface area contributed by atoms with E-state index in [-0.39, 0.29) is 0 Å². The van der Waals surface area contributed by atoms with Crippen LogP contribution in [-0.2, 0) is 4.79 Å². The van der Waals surface area contributed by atoms with E-state index in [2.05, 4.69) is 10.9 Å². The predicted molar refractivity (Wildman–Crippen MR) is 24.4 cm³/mol. The molecule has 8 heavy (non-hydrogen) atoms. The Morgan fingerprint density at radius 1 is 1.88 bits per heavy atom. The zero-order valence-corrected chi connectivity index (χ0v) is 3.87. The van der Waals surface area contributed by atoms with Gasteiger partial charge in [-0.05, 0) is 5.18 Å². The number of nitrogens with two attached hydrogens (primary N) is 1. The fourth-order valence-electron chi connectivity index (χ4n) is 0.139. The Hall–Kier alpha value is -1.44. The number of hydrogen-bond donors (Lipinski definition) is 1. The van der Waals surface area contributed by atoms with Crippen molar-refractivity contribution in [1.82, 2.24) is 0 Å². The minimum Gasteiger partial charge on any atom is -0.367 e. The molecule has 0 spiro atoms. The molecule has 1 atom stereocenters. The molecule has 0 aliphatic carbocycles. The van der Waals surface area contributed by atoms with Gasteiger partial charge in [0.1, 0.15) is 6.07 Å². The third kappa shape index (κ3) is 1.34. The number of nitroso groups, excluding NO2 is 1. The Bertz CT molecular complexity index is 147. The highest BCUT2D eigenvalue weighted by molar-refractivity contribution is 5.82. The first-order valence-corrected chi connectivity index (χ1v) is 1.73. The quantitative estimate of drug-likeness (QED) is 0.471. The summed E-state index contributed by atoms with van der Waals surface area (Å²) in [4.78, 5) is 19.3. The van der Waals surface area contributed by atoms with Crippen molar-refractivity contribution in [1.29, 1.82) is 5.26 Å². The van der Waals surface area contributed by atoms with Crippen molar-refractivity contribution in [2.75, 3.05) is 0 Å². The van der Waals surface area contributed by atoms with Crippen molar-refractivity contribution in [3.05, 3.63) is 4.91 Å². The van der Waals surface area contributed by atoms with Gasteiger partial charge in [0.2, 0.25) is 0 Å². The largest absolute Gasteiger partial charge is 0.367 e. The smallest absolute Gasteiger partial charge is 0.260 e. The Kier molecular flexibility index (Phi) is 2.20. The topological polar surface area (TPSA) is 96.3 Å². The molecule has 0 aromatic heterocycles. The molecule has 42 valence electrons. The highest BCUT2D eigenvalue weighted by atomic mass is 16.3. The molecule has 2 N–H and O–H groups in total. The lowest BCUT2D eigenvalue weighted by Crippen LogP contribution is -2.24. The second-order valence-electron chi connectivity index (χ2n) is 1.04. The molecule has 0 heterocycles. The highest BCUT2D eigenvalue weighted by Crippen LogP contribution is 1.82. The van der Waals surface area contributed by atoms with Crippen LogP contribution < -0.4 is 5.73 Å². The van der Waals surface area contributed by atoms with Crippen molar-refractivity contribution in [3.63, 3.8) is 0 Å². The van der Waals surface area contributed by atoms with Crippen LogP contribution in [0.3, 0.4) is 0 Å². The molecule has 1 amide bonds. The molecule has 0 aliphatic heterocycles. The second kappa shape index (κ2) is 2.69. The second-order valence-corrected chi connectivity index (χ2v) is 1.04. The number of carbonyl (C=O) groups is 1. The fraction of sp³-hybridized carbons (Fsp3) is 0.333. The summed E-state index contributed by atoms with van der Waals surface area (Å²) in [5.74, 6) is -1.01. The molecule has 0 saturated heterocycles. The fourth-order valence-corrected chi connectivity index (χ4v) is 0.139. The first-order valence-electron chi connectivity index (χ1n) is 1.73. The zero-order chi connectivity index (χ0) is 6.57. The van der Waals surface area contributed by atoms with Crippen LogP contribution >= 0.6 is 0 Å². The molecule has 0 rings (SSSR count). The lowest BCUT2D eigenvalue weighted by Gasteiger charge is -1.85. The molecule has 0 radical (unpaired) electrons. The highest BCUT2D eigenvalue weighted by Gasteiger charge is 2.12. The summed E-state index contributed by atoms with van der Waals surface area (Å²) in [5.41, 5.74) is 4.50. The lowest BCUT2D eigenvalue weighted by atomic mass is 10.3. The summed E-state index contributed by atoms with van der Waals surface area (Å²) in [6.45, 7) is 0. The summed E-state index contributed by atoms with van der Waals surface area (Å²) >= 11 is 0. The van der Waals surface area contributed by atoms with E-state index in [0.29, 0.717) is 0 Å². The van der Waals surface area contributed by atoms with Crippen molar-refractivity contribution < 1.29 is 4.79 Å². The molecule has 0 bridgehead atoms. The van der Waals surface area contributed by atoms with Crippen LogP contribution in [0.1, 0.15) is 0 Å². The number of nitrogens with zero attached hydrogens (tertiary/aromatic N) is 2. The standard InChI is InChI=1S/C3H3N3O2/c4-1-2(6-8)3(5)7/h2H,(H2,5,7)/t2-/m0/s1. The normalized spacial score (nSPS) is 11.4. The molecular formula is C3H3N3O2. The molecular weight excluding hydrogens is 110 g/mol. The van der Waals surface area contributed by atoms with E-state index in [1.165, 1.54) is 6.07 Å². The van der Waals surface area contributed by atoms with Gasteiger partial charge >= 0.3 is 0 Å². The van der Waals surface area contributed by atoms with Crippen LogP contribution in [0.25, 0.3) is 0 Å². The Morgan fingerprint density at radius 2 is 2.38 bits per heavy atom. The van der Waals surface area contributed by atoms with Gasteiger partial charge in [-0.25, -0.2) is 0 Å². The van der Waals surface area contributed by atoms with Crippen molar-refractivity contribution in [2.45, 2.75) is 6.04 Å². The van der Waals surface area contributed by atoms with Crippen LogP contribution in [0.15, 0.2) is 5.18 Å². The van der Waals surface area contributed by atoms with Crippen molar-refractivity contribution in [3.8, 4) is 6.07 Å². The monoisotopic (exact) mass is 113 g/mol. The molecule has 0 saturated carbocycles. The minimum atomic E-state index is -1.53. The average molecular weight is 113 g/mol. The Morgan fingerprint density at radius 3 is 2.38 bits per heavy atom. The van der Waals surface area contributed by atoms with Crippen molar-refractivity contribution >= 4 is 5.91 Å². The summed E-state index contributed by atoms with van der Waals surface area (Å²) in [6, 6.07) is -0.235. The van der Waals surface area contributed by atoms with E-state index in [1.54, 1.807) is 0 Å². The van der Waals surface area contributed by atoms with Crippen LogP contribution in [0.4, 0.5) is 0 Å². The van der Waals surface area contributed by atoms with Gasteiger partial charge in [-0.15, -0.1) is 4.91 Å². The number of carbonyl (C=O) groups excluding carboxylic acids is 1.